The summed E-state index contributed by atoms with van der Waals surface area (Å²) in [7, 11) is 1.45. The molecule has 0 atom stereocenters. The highest BCUT2D eigenvalue weighted by atomic mass is 19.1. The van der Waals surface area contributed by atoms with Crippen LogP contribution in [0.1, 0.15) is 23.7 Å². The Hall–Kier alpha value is -1.58. The first-order chi connectivity index (χ1) is 7.19. The minimum Gasteiger partial charge on any atom is -0.496 e. The molecule has 82 valence electrons. The number of hydrogen-bond acceptors (Lipinski definition) is 2. The van der Waals surface area contributed by atoms with Crippen LogP contribution >= 0.6 is 0 Å². The lowest BCUT2D eigenvalue weighted by Gasteiger charge is -2.08. The van der Waals surface area contributed by atoms with Crippen LogP contribution in [0.3, 0.4) is 0 Å². The number of hydrogen-bond donors (Lipinski definition) is 1. The van der Waals surface area contributed by atoms with Gasteiger partial charge in [-0.15, -0.1) is 0 Å². The summed E-state index contributed by atoms with van der Waals surface area (Å²) >= 11 is 0. The van der Waals surface area contributed by atoms with Gasteiger partial charge in [0.15, 0.2) is 0 Å². The number of ether oxygens (including phenoxy) is 1. The number of methoxy groups -OCH3 is 1. The van der Waals surface area contributed by atoms with Gasteiger partial charge in [-0.2, -0.15) is 0 Å². The van der Waals surface area contributed by atoms with Gasteiger partial charge < -0.3 is 10.1 Å². The molecule has 0 aliphatic heterocycles. The van der Waals surface area contributed by atoms with E-state index in [-0.39, 0.29) is 11.5 Å². The van der Waals surface area contributed by atoms with Crippen molar-refractivity contribution in [3.8, 4) is 5.75 Å². The summed E-state index contributed by atoms with van der Waals surface area (Å²) in [6.07, 6.45) is 0.837. The largest absolute Gasteiger partial charge is 0.496 e. The third kappa shape index (κ3) is 2.94. The molecule has 0 fully saturated rings. The zero-order valence-electron chi connectivity index (χ0n) is 8.84. The Morgan fingerprint density at radius 1 is 1.53 bits per heavy atom. The molecule has 0 aromatic heterocycles. The summed E-state index contributed by atoms with van der Waals surface area (Å²) in [5.74, 6) is -0.379. The monoisotopic (exact) mass is 211 g/mol. The molecule has 1 amide bonds. The van der Waals surface area contributed by atoms with Crippen LogP contribution in [0.15, 0.2) is 18.2 Å². The third-order valence-electron chi connectivity index (χ3n) is 1.94. The zero-order valence-corrected chi connectivity index (χ0v) is 8.84. The number of nitrogens with one attached hydrogen (secondary N) is 1. The molecular formula is C11H14FNO2. The average Bonchev–Trinajstić information content (AvgIpc) is 2.25. The Morgan fingerprint density at radius 3 is 2.87 bits per heavy atom. The minimum atomic E-state index is -0.447. The molecule has 0 bridgehead atoms. The smallest absolute Gasteiger partial charge is 0.255 e. The van der Waals surface area contributed by atoms with Gasteiger partial charge in [0.05, 0.1) is 12.7 Å². The highest BCUT2D eigenvalue weighted by Crippen LogP contribution is 2.18. The quantitative estimate of drug-likeness (QED) is 0.826. The van der Waals surface area contributed by atoms with Gasteiger partial charge in [0.25, 0.3) is 5.91 Å². The van der Waals surface area contributed by atoms with Crippen molar-refractivity contribution in [2.75, 3.05) is 13.7 Å². The van der Waals surface area contributed by atoms with Crippen molar-refractivity contribution in [2.24, 2.45) is 0 Å². The van der Waals surface area contributed by atoms with Crippen molar-refractivity contribution in [1.29, 1.82) is 0 Å². The summed E-state index contributed by atoms with van der Waals surface area (Å²) in [6.45, 7) is 2.52. The highest BCUT2D eigenvalue weighted by Gasteiger charge is 2.12. The third-order valence-corrected chi connectivity index (χ3v) is 1.94. The first-order valence-corrected chi connectivity index (χ1v) is 4.80. The lowest BCUT2D eigenvalue weighted by atomic mass is 10.2. The van der Waals surface area contributed by atoms with Gasteiger partial charge in [-0.05, 0) is 24.6 Å². The molecular weight excluding hydrogens is 197 g/mol. The van der Waals surface area contributed by atoms with Crippen LogP contribution in [0, 0.1) is 5.82 Å². The van der Waals surface area contributed by atoms with Crippen LogP contribution in [-0.2, 0) is 0 Å². The van der Waals surface area contributed by atoms with Crippen LogP contribution in [-0.4, -0.2) is 19.6 Å². The van der Waals surface area contributed by atoms with Gasteiger partial charge in [0, 0.05) is 6.54 Å². The average molecular weight is 211 g/mol. The molecule has 1 aromatic carbocycles. The standard InChI is InChI=1S/C11H14FNO2/c1-3-6-13-11(14)9-7-8(12)4-5-10(9)15-2/h4-5,7H,3,6H2,1-2H3,(H,13,14). The summed E-state index contributed by atoms with van der Waals surface area (Å²) in [5.41, 5.74) is 0.228. The molecule has 0 unspecified atom stereocenters. The molecule has 0 saturated heterocycles. The Labute approximate surface area is 88.2 Å². The van der Waals surface area contributed by atoms with Crippen LogP contribution in [0.4, 0.5) is 4.39 Å². The SMILES string of the molecule is CCCNC(=O)c1cc(F)ccc1OC. The molecule has 0 radical (unpaired) electrons. The maximum Gasteiger partial charge on any atom is 0.255 e. The van der Waals surface area contributed by atoms with Crippen molar-refractivity contribution in [3.05, 3.63) is 29.6 Å². The van der Waals surface area contributed by atoms with E-state index in [2.05, 4.69) is 5.32 Å². The molecule has 0 aliphatic rings. The summed E-state index contributed by atoms with van der Waals surface area (Å²) in [4.78, 5) is 11.6. The van der Waals surface area contributed by atoms with Gasteiger partial charge >= 0.3 is 0 Å². The van der Waals surface area contributed by atoms with Crippen LogP contribution < -0.4 is 10.1 Å². The summed E-state index contributed by atoms with van der Waals surface area (Å²) in [6, 6.07) is 3.87. The van der Waals surface area contributed by atoms with Crippen molar-refractivity contribution in [1.82, 2.24) is 5.32 Å². The molecule has 0 heterocycles. The molecule has 1 rings (SSSR count). The lowest BCUT2D eigenvalue weighted by Crippen LogP contribution is -2.24. The number of amides is 1. The van der Waals surface area contributed by atoms with Crippen molar-refractivity contribution >= 4 is 5.91 Å². The zero-order chi connectivity index (χ0) is 11.3. The second-order valence-corrected chi connectivity index (χ2v) is 3.10. The van der Waals surface area contributed by atoms with Gasteiger partial charge in [-0.3, -0.25) is 4.79 Å². The van der Waals surface area contributed by atoms with Crippen molar-refractivity contribution in [2.45, 2.75) is 13.3 Å². The molecule has 1 N–H and O–H groups in total. The van der Waals surface area contributed by atoms with Crippen LogP contribution in [0.5, 0.6) is 5.75 Å². The van der Waals surface area contributed by atoms with E-state index in [1.807, 2.05) is 6.92 Å². The van der Waals surface area contributed by atoms with E-state index in [0.717, 1.165) is 6.42 Å². The van der Waals surface area contributed by atoms with Gasteiger partial charge in [0.1, 0.15) is 11.6 Å². The first-order valence-electron chi connectivity index (χ1n) is 4.80. The van der Waals surface area contributed by atoms with Gasteiger partial charge in [-0.25, -0.2) is 4.39 Å². The minimum absolute atomic E-state index is 0.228. The maximum absolute atomic E-state index is 12.9. The fraction of sp³-hybridized carbons (Fsp3) is 0.364. The lowest BCUT2D eigenvalue weighted by molar-refractivity contribution is 0.0950. The van der Waals surface area contributed by atoms with E-state index in [4.69, 9.17) is 4.74 Å². The molecule has 1 aromatic rings. The number of carbonyl (C=O) groups is 1. The molecule has 3 nitrogen and oxygen atoms in total. The normalized spacial score (nSPS) is 9.80. The van der Waals surface area contributed by atoms with Crippen LogP contribution in [0.25, 0.3) is 0 Å². The van der Waals surface area contributed by atoms with Crippen molar-refractivity contribution in [3.63, 3.8) is 0 Å². The van der Waals surface area contributed by atoms with Gasteiger partial charge in [0.2, 0.25) is 0 Å². The van der Waals surface area contributed by atoms with Gasteiger partial charge in [-0.1, -0.05) is 6.92 Å². The Morgan fingerprint density at radius 2 is 2.27 bits per heavy atom. The molecule has 0 spiro atoms. The fourth-order valence-electron chi connectivity index (χ4n) is 1.19. The molecule has 0 aliphatic carbocycles. The topological polar surface area (TPSA) is 38.3 Å². The maximum atomic E-state index is 12.9. The van der Waals surface area contributed by atoms with E-state index >= 15 is 0 Å². The van der Waals surface area contributed by atoms with E-state index in [9.17, 15) is 9.18 Å². The Bertz CT molecular complexity index is 352. The van der Waals surface area contributed by atoms with Crippen LogP contribution in [0.2, 0.25) is 0 Å². The Kier molecular flexibility index (Phi) is 4.09. The summed E-state index contributed by atoms with van der Waals surface area (Å²) in [5, 5.41) is 2.66. The number of carbonyl (C=O) groups excluding carboxylic acids is 1. The van der Waals surface area contributed by atoms with E-state index in [1.54, 1.807) is 0 Å². The van der Waals surface area contributed by atoms with E-state index in [0.29, 0.717) is 12.3 Å². The van der Waals surface area contributed by atoms with E-state index < -0.39 is 5.82 Å². The number of halogens is 1. The van der Waals surface area contributed by atoms with Crippen molar-refractivity contribution < 1.29 is 13.9 Å². The summed E-state index contributed by atoms with van der Waals surface area (Å²) < 4.78 is 17.9. The highest BCUT2D eigenvalue weighted by molar-refractivity contribution is 5.96. The molecule has 4 heteroatoms. The number of rotatable bonds is 4. The Balaban J connectivity index is 2.90. The first kappa shape index (κ1) is 11.5. The molecule has 0 saturated carbocycles. The second-order valence-electron chi connectivity index (χ2n) is 3.10. The predicted octanol–water partition coefficient (Wildman–Crippen LogP) is 1.97. The fourth-order valence-corrected chi connectivity index (χ4v) is 1.19. The van der Waals surface area contributed by atoms with E-state index in [1.165, 1.54) is 25.3 Å². The second kappa shape index (κ2) is 5.34. The number of benzene rings is 1. The predicted molar refractivity (Wildman–Crippen MR) is 55.6 cm³/mol. The molecule has 15 heavy (non-hydrogen) atoms.